The molecule has 0 aliphatic heterocycles. The molecule has 4 nitrogen and oxygen atoms in total. The minimum Gasteiger partial charge on any atom is -0.463 e. The van der Waals surface area contributed by atoms with Crippen LogP contribution in [0.25, 0.3) is 10.7 Å². The Morgan fingerprint density at radius 1 is 1.44 bits per heavy atom. The molecule has 0 atom stereocenters. The average molecular weight is 350 g/mol. The maximum absolute atomic E-state index is 6.08. The second-order valence-corrected chi connectivity index (χ2v) is 5.52. The number of hydrogen-bond donors (Lipinski definition) is 0. The van der Waals surface area contributed by atoms with Crippen LogP contribution in [0.2, 0.25) is 5.15 Å². The van der Waals surface area contributed by atoms with Crippen LogP contribution in [-0.2, 0) is 4.74 Å². The Hall–Kier alpha value is -0.690. The van der Waals surface area contributed by atoms with E-state index in [1.807, 2.05) is 18.4 Å². The first kappa shape index (κ1) is 13.7. The predicted molar refractivity (Wildman–Crippen MR) is 75.3 cm³/mol. The highest BCUT2D eigenvalue weighted by atomic mass is 79.9. The molecule has 7 heteroatoms. The van der Waals surface area contributed by atoms with Crippen LogP contribution >= 0.6 is 38.9 Å². The fourth-order valence-electron chi connectivity index (χ4n) is 1.30. The molecule has 2 rings (SSSR count). The molecular formula is C11H10BrClN2O2S. The van der Waals surface area contributed by atoms with Crippen molar-refractivity contribution in [3.8, 4) is 16.5 Å². The van der Waals surface area contributed by atoms with E-state index >= 15 is 0 Å². The number of thiazole rings is 1. The quantitative estimate of drug-likeness (QED) is 0.620. The summed E-state index contributed by atoms with van der Waals surface area (Å²) in [6.07, 6.45) is 0. The van der Waals surface area contributed by atoms with Gasteiger partial charge in [-0.2, -0.15) is 0 Å². The van der Waals surface area contributed by atoms with Crippen LogP contribution in [0.5, 0.6) is 5.75 Å². The van der Waals surface area contributed by atoms with Crippen LogP contribution in [0, 0.1) is 6.92 Å². The Morgan fingerprint density at radius 2 is 2.22 bits per heavy atom. The first-order valence-electron chi connectivity index (χ1n) is 5.02. The number of aryl methyl sites for hydroxylation is 1. The zero-order valence-corrected chi connectivity index (χ0v) is 12.9. The minimum atomic E-state index is 0.121. The largest absolute Gasteiger partial charge is 0.463 e. The van der Waals surface area contributed by atoms with Crippen molar-refractivity contribution in [2.24, 2.45) is 0 Å². The van der Waals surface area contributed by atoms with Gasteiger partial charge in [0.05, 0.1) is 4.47 Å². The van der Waals surface area contributed by atoms with Gasteiger partial charge in [0.1, 0.15) is 10.7 Å². The molecule has 0 saturated carbocycles. The van der Waals surface area contributed by atoms with Gasteiger partial charge >= 0.3 is 0 Å². The molecule has 0 aliphatic rings. The molecule has 0 radical (unpaired) electrons. The Balaban J connectivity index is 2.36. The van der Waals surface area contributed by atoms with Gasteiger partial charge in [0.25, 0.3) is 0 Å². The molecule has 0 amide bonds. The van der Waals surface area contributed by atoms with Crippen LogP contribution in [0.3, 0.4) is 0 Å². The van der Waals surface area contributed by atoms with Crippen LogP contribution in [-0.4, -0.2) is 23.9 Å². The highest BCUT2D eigenvalue weighted by Crippen LogP contribution is 2.35. The third-order valence-corrected chi connectivity index (χ3v) is 3.87. The molecule has 0 N–H and O–H groups in total. The Labute approximate surface area is 122 Å². The Kier molecular flexibility index (Phi) is 4.55. The number of methoxy groups -OCH3 is 1. The lowest BCUT2D eigenvalue weighted by molar-refractivity contribution is 0.0504. The van der Waals surface area contributed by atoms with E-state index in [4.69, 9.17) is 21.1 Å². The Bertz CT molecular complexity index is 539. The summed E-state index contributed by atoms with van der Waals surface area (Å²) in [6, 6.07) is 1.83. The standard InChI is InChI=1S/C11H10BrClN2O2S/c1-6-4-18-11(14-6)8-3-7(12)9(10(13)15-8)17-5-16-2/h3-4H,5H2,1-2H3. The molecule has 0 fully saturated rings. The molecule has 0 spiro atoms. The number of pyridine rings is 1. The van der Waals surface area contributed by atoms with Gasteiger partial charge in [-0.1, -0.05) is 11.6 Å². The van der Waals surface area contributed by atoms with Crippen molar-refractivity contribution in [2.75, 3.05) is 13.9 Å². The molecule has 2 aromatic rings. The van der Waals surface area contributed by atoms with Crippen molar-refractivity contribution < 1.29 is 9.47 Å². The molecular weight excluding hydrogens is 340 g/mol. The topological polar surface area (TPSA) is 44.2 Å². The van der Waals surface area contributed by atoms with Gasteiger partial charge in [-0.25, -0.2) is 9.97 Å². The highest BCUT2D eigenvalue weighted by Gasteiger charge is 2.13. The van der Waals surface area contributed by atoms with Crippen LogP contribution in [0.15, 0.2) is 15.9 Å². The van der Waals surface area contributed by atoms with E-state index < -0.39 is 0 Å². The van der Waals surface area contributed by atoms with E-state index in [-0.39, 0.29) is 11.9 Å². The lowest BCUT2D eigenvalue weighted by atomic mass is 10.3. The van der Waals surface area contributed by atoms with Crippen LogP contribution in [0.1, 0.15) is 5.69 Å². The van der Waals surface area contributed by atoms with Gasteiger partial charge in [-0.3, -0.25) is 0 Å². The van der Waals surface area contributed by atoms with E-state index in [1.165, 1.54) is 11.3 Å². The van der Waals surface area contributed by atoms with Crippen LogP contribution < -0.4 is 4.74 Å². The third kappa shape index (κ3) is 3.00. The molecule has 18 heavy (non-hydrogen) atoms. The number of ether oxygens (including phenoxy) is 2. The third-order valence-electron chi connectivity index (χ3n) is 2.05. The summed E-state index contributed by atoms with van der Waals surface area (Å²) < 4.78 is 10.9. The van der Waals surface area contributed by atoms with Gasteiger partial charge < -0.3 is 9.47 Å². The van der Waals surface area contributed by atoms with Gasteiger partial charge in [0.15, 0.2) is 17.7 Å². The van der Waals surface area contributed by atoms with E-state index in [0.29, 0.717) is 5.75 Å². The summed E-state index contributed by atoms with van der Waals surface area (Å²) in [5, 5.41) is 3.08. The fourth-order valence-corrected chi connectivity index (χ4v) is 2.94. The molecule has 0 unspecified atom stereocenters. The number of hydrogen-bond acceptors (Lipinski definition) is 5. The van der Waals surface area contributed by atoms with Crippen molar-refractivity contribution in [2.45, 2.75) is 6.92 Å². The monoisotopic (exact) mass is 348 g/mol. The zero-order chi connectivity index (χ0) is 13.1. The van der Waals surface area contributed by atoms with Gasteiger partial charge in [-0.05, 0) is 28.9 Å². The number of rotatable bonds is 4. The van der Waals surface area contributed by atoms with E-state index in [2.05, 4.69) is 25.9 Å². The highest BCUT2D eigenvalue weighted by molar-refractivity contribution is 9.10. The van der Waals surface area contributed by atoms with Gasteiger partial charge in [0.2, 0.25) is 0 Å². The van der Waals surface area contributed by atoms with Gasteiger partial charge in [-0.15, -0.1) is 11.3 Å². The van der Waals surface area contributed by atoms with Crippen molar-refractivity contribution in [1.29, 1.82) is 0 Å². The van der Waals surface area contributed by atoms with Crippen molar-refractivity contribution in [3.05, 3.63) is 26.8 Å². The molecule has 0 bridgehead atoms. The lowest BCUT2D eigenvalue weighted by Gasteiger charge is -2.09. The van der Waals surface area contributed by atoms with Crippen molar-refractivity contribution in [1.82, 2.24) is 9.97 Å². The summed E-state index contributed by atoms with van der Waals surface area (Å²) in [7, 11) is 1.54. The zero-order valence-electron chi connectivity index (χ0n) is 9.74. The predicted octanol–water partition coefficient (Wildman–Crippen LogP) is 3.91. The Morgan fingerprint density at radius 3 is 2.78 bits per heavy atom. The first-order valence-corrected chi connectivity index (χ1v) is 7.07. The minimum absolute atomic E-state index is 0.121. The SMILES string of the molecule is COCOc1c(Br)cc(-c2nc(C)cs2)nc1Cl. The first-order chi connectivity index (χ1) is 8.61. The summed E-state index contributed by atoms with van der Waals surface area (Å²) >= 11 is 11.0. The smallest absolute Gasteiger partial charge is 0.188 e. The maximum atomic E-state index is 6.08. The summed E-state index contributed by atoms with van der Waals surface area (Å²) in [5.41, 5.74) is 1.68. The van der Waals surface area contributed by atoms with Crippen molar-refractivity contribution in [3.63, 3.8) is 0 Å². The molecule has 0 aromatic carbocycles. The summed E-state index contributed by atoms with van der Waals surface area (Å²) in [6.45, 7) is 2.06. The van der Waals surface area contributed by atoms with E-state index in [0.717, 1.165) is 20.9 Å². The van der Waals surface area contributed by atoms with Gasteiger partial charge in [0, 0.05) is 18.2 Å². The lowest BCUT2D eigenvalue weighted by Crippen LogP contribution is -2.01. The van der Waals surface area contributed by atoms with Crippen molar-refractivity contribution >= 4 is 38.9 Å². The maximum Gasteiger partial charge on any atom is 0.188 e. The molecule has 2 aromatic heterocycles. The molecule has 0 saturated heterocycles. The number of nitrogens with zero attached hydrogens (tertiary/aromatic N) is 2. The van der Waals surface area contributed by atoms with E-state index in [1.54, 1.807) is 7.11 Å². The number of halogens is 2. The van der Waals surface area contributed by atoms with Crippen LogP contribution in [0.4, 0.5) is 0 Å². The fraction of sp³-hybridized carbons (Fsp3) is 0.273. The molecule has 2 heterocycles. The van der Waals surface area contributed by atoms with E-state index in [9.17, 15) is 0 Å². The number of aromatic nitrogens is 2. The average Bonchev–Trinajstić information content (AvgIpc) is 2.75. The molecule has 0 aliphatic carbocycles. The second-order valence-electron chi connectivity index (χ2n) is 3.45. The molecule has 96 valence electrons. The second kappa shape index (κ2) is 5.97. The summed E-state index contributed by atoms with van der Waals surface area (Å²) in [5.74, 6) is 0.468. The summed E-state index contributed by atoms with van der Waals surface area (Å²) in [4.78, 5) is 8.64. The normalized spacial score (nSPS) is 10.7.